The zero-order valence-electron chi connectivity index (χ0n) is 12.4. The molecule has 0 fully saturated rings. The van der Waals surface area contributed by atoms with Crippen LogP contribution >= 0.6 is 0 Å². The van der Waals surface area contributed by atoms with E-state index in [0.717, 1.165) is 11.1 Å². The zero-order chi connectivity index (χ0) is 14.5. The lowest BCUT2D eigenvalue weighted by molar-refractivity contribution is 0.343. The number of aliphatic hydroxyl groups excluding tert-OH is 1. The molecule has 0 heterocycles. The summed E-state index contributed by atoms with van der Waals surface area (Å²) in [6.07, 6.45) is 1.83. The Labute approximate surface area is 121 Å². The van der Waals surface area contributed by atoms with Gasteiger partial charge in [-0.1, -0.05) is 68.5 Å². The van der Waals surface area contributed by atoms with Crippen LogP contribution in [0, 0.1) is 0 Å². The van der Waals surface area contributed by atoms with E-state index < -0.39 is 0 Å². The van der Waals surface area contributed by atoms with Crippen LogP contribution in [0.2, 0.25) is 0 Å². The van der Waals surface area contributed by atoms with Crippen LogP contribution in [-0.4, -0.2) is 11.7 Å². The molecule has 0 bridgehead atoms. The summed E-state index contributed by atoms with van der Waals surface area (Å²) in [5, 5.41) is 8.92. The third kappa shape index (κ3) is 3.37. The standard InChI is InChI=1S/C19H22O/c1-14(2)16-4-8-18(9-5-16)19-10-6-17(7-11-19)15(3)12-13-20/h4-12,14,20H,13H2,1-3H3. The van der Waals surface area contributed by atoms with Crippen molar-refractivity contribution in [3.63, 3.8) is 0 Å². The van der Waals surface area contributed by atoms with Gasteiger partial charge in [-0.05, 0) is 40.7 Å². The van der Waals surface area contributed by atoms with Crippen molar-refractivity contribution in [3.8, 4) is 11.1 Å². The van der Waals surface area contributed by atoms with Gasteiger partial charge in [0.2, 0.25) is 0 Å². The third-order valence-corrected chi connectivity index (χ3v) is 3.65. The Morgan fingerprint density at radius 3 is 1.90 bits per heavy atom. The van der Waals surface area contributed by atoms with Crippen LogP contribution in [0.5, 0.6) is 0 Å². The van der Waals surface area contributed by atoms with Crippen LogP contribution in [0.15, 0.2) is 54.6 Å². The number of aliphatic hydroxyl groups is 1. The second-order valence-corrected chi connectivity index (χ2v) is 5.42. The predicted molar refractivity (Wildman–Crippen MR) is 86.7 cm³/mol. The van der Waals surface area contributed by atoms with Crippen LogP contribution in [0.25, 0.3) is 16.7 Å². The molecule has 2 aromatic carbocycles. The molecule has 0 atom stereocenters. The number of allylic oxidation sites excluding steroid dienone is 1. The van der Waals surface area contributed by atoms with Gasteiger partial charge in [-0.25, -0.2) is 0 Å². The lowest BCUT2D eigenvalue weighted by Gasteiger charge is -2.08. The highest BCUT2D eigenvalue weighted by molar-refractivity contribution is 5.69. The first kappa shape index (κ1) is 14.5. The minimum atomic E-state index is 0.0875. The van der Waals surface area contributed by atoms with Crippen molar-refractivity contribution < 1.29 is 5.11 Å². The van der Waals surface area contributed by atoms with E-state index in [1.54, 1.807) is 0 Å². The van der Waals surface area contributed by atoms with Crippen LogP contribution < -0.4 is 0 Å². The molecule has 20 heavy (non-hydrogen) atoms. The summed E-state index contributed by atoms with van der Waals surface area (Å²) in [7, 11) is 0. The third-order valence-electron chi connectivity index (χ3n) is 3.65. The van der Waals surface area contributed by atoms with E-state index in [4.69, 9.17) is 5.11 Å². The average Bonchev–Trinajstić information content (AvgIpc) is 2.48. The van der Waals surface area contributed by atoms with E-state index in [-0.39, 0.29) is 6.61 Å². The second kappa shape index (κ2) is 6.53. The van der Waals surface area contributed by atoms with Gasteiger partial charge in [0.05, 0.1) is 6.61 Å². The summed E-state index contributed by atoms with van der Waals surface area (Å²) in [6, 6.07) is 17.2. The summed E-state index contributed by atoms with van der Waals surface area (Å²) in [4.78, 5) is 0. The van der Waals surface area contributed by atoms with Gasteiger partial charge in [0.25, 0.3) is 0 Å². The predicted octanol–water partition coefficient (Wildman–Crippen LogP) is 4.87. The summed E-state index contributed by atoms with van der Waals surface area (Å²) in [5.41, 5.74) is 6.09. The Balaban J connectivity index is 2.23. The fourth-order valence-corrected chi connectivity index (χ4v) is 2.24. The van der Waals surface area contributed by atoms with E-state index >= 15 is 0 Å². The van der Waals surface area contributed by atoms with E-state index in [2.05, 4.69) is 62.4 Å². The quantitative estimate of drug-likeness (QED) is 0.836. The number of hydrogen-bond acceptors (Lipinski definition) is 1. The monoisotopic (exact) mass is 266 g/mol. The summed E-state index contributed by atoms with van der Waals surface area (Å²) in [5.74, 6) is 0.567. The second-order valence-electron chi connectivity index (χ2n) is 5.42. The van der Waals surface area contributed by atoms with Crippen LogP contribution in [-0.2, 0) is 0 Å². The summed E-state index contributed by atoms with van der Waals surface area (Å²) < 4.78 is 0. The van der Waals surface area contributed by atoms with Gasteiger partial charge in [-0.2, -0.15) is 0 Å². The van der Waals surface area contributed by atoms with Gasteiger partial charge in [-0.15, -0.1) is 0 Å². The fraction of sp³-hybridized carbons (Fsp3) is 0.263. The molecule has 1 heteroatoms. The molecular weight excluding hydrogens is 244 g/mol. The number of hydrogen-bond donors (Lipinski definition) is 1. The molecule has 0 aromatic heterocycles. The largest absolute Gasteiger partial charge is 0.392 e. The zero-order valence-corrected chi connectivity index (χ0v) is 12.4. The Morgan fingerprint density at radius 1 is 0.950 bits per heavy atom. The van der Waals surface area contributed by atoms with Gasteiger partial charge in [0, 0.05) is 0 Å². The van der Waals surface area contributed by atoms with Crippen molar-refractivity contribution in [1.82, 2.24) is 0 Å². The lowest BCUT2D eigenvalue weighted by Crippen LogP contribution is -1.87. The summed E-state index contributed by atoms with van der Waals surface area (Å²) >= 11 is 0. The minimum Gasteiger partial charge on any atom is -0.392 e. The van der Waals surface area contributed by atoms with Crippen LogP contribution in [0.4, 0.5) is 0 Å². The maximum Gasteiger partial charge on any atom is 0.0618 e. The Kier molecular flexibility index (Phi) is 4.75. The van der Waals surface area contributed by atoms with E-state index in [0.29, 0.717) is 5.92 Å². The topological polar surface area (TPSA) is 20.2 Å². The molecule has 0 saturated heterocycles. The molecule has 0 aliphatic rings. The Hall–Kier alpha value is -1.86. The first-order valence-corrected chi connectivity index (χ1v) is 7.10. The molecule has 0 aliphatic heterocycles. The molecule has 2 rings (SSSR count). The molecule has 1 N–H and O–H groups in total. The molecular formula is C19H22O. The van der Waals surface area contributed by atoms with Gasteiger partial charge in [0.1, 0.15) is 0 Å². The maximum atomic E-state index is 8.92. The van der Waals surface area contributed by atoms with Crippen molar-refractivity contribution in [2.75, 3.05) is 6.61 Å². The molecule has 0 saturated carbocycles. The molecule has 104 valence electrons. The van der Waals surface area contributed by atoms with E-state index in [1.807, 2.05) is 13.0 Å². The SMILES string of the molecule is CC(=CCO)c1ccc(-c2ccc(C(C)C)cc2)cc1. The Morgan fingerprint density at radius 2 is 1.45 bits per heavy atom. The van der Waals surface area contributed by atoms with Crippen molar-refractivity contribution in [2.24, 2.45) is 0 Å². The number of benzene rings is 2. The first-order chi connectivity index (χ1) is 9.61. The molecule has 0 spiro atoms. The summed E-state index contributed by atoms with van der Waals surface area (Å²) in [6.45, 7) is 6.52. The van der Waals surface area contributed by atoms with Gasteiger partial charge < -0.3 is 5.11 Å². The first-order valence-electron chi connectivity index (χ1n) is 7.10. The van der Waals surface area contributed by atoms with Crippen molar-refractivity contribution in [3.05, 3.63) is 65.7 Å². The van der Waals surface area contributed by atoms with Crippen molar-refractivity contribution in [1.29, 1.82) is 0 Å². The smallest absolute Gasteiger partial charge is 0.0618 e. The maximum absolute atomic E-state index is 8.92. The van der Waals surface area contributed by atoms with Crippen LogP contribution in [0.3, 0.4) is 0 Å². The molecule has 0 aliphatic carbocycles. The van der Waals surface area contributed by atoms with Gasteiger partial charge in [0.15, 0.2) is 0 Å². The minimum absolute atomic E-state index is 0.0875. The number of rotatable bonds is 4. The molecule has 0 unspecified atom stereocenters. The molecule has 1 nitrogen and oxygen atoms in total. The van der Waals surface area contributed by atoms with Crippen molar-refractivity contribution >= 4 is 5.57 Å². The lowest BCUT2D eigenvalue weighted by atomic mass is 9.97. The highest BCUT2D eigenvalue weighted by Crippen LogP contribution is 2.24. The van der Waals surface area contributed by atoms with Gasteiger partial charge >= 0.3 is 0 Å². The van der Waals surface area contributed by atoms with E-state index in [9.17, 15) is 0 Å². The molecule has 2 aromatic rings. The average molecular weight is 266 g/mol. The molecule has 0 amide bonds. The van der Waals surface area contributed by atoms with Crippen molar-refractivity contribution in [2.45, 2.75) is 26.7 Å². The van der Waals surface area contributed by atoms with Crippen LogP contribution in [0.1, 0.15) is 37.8 Å². The normalized spacial score (nSPS) is 11.9. The molecule has 0 radical (unpaired) electrons. The highest BCUT2D eigenvalue weighted by Gasteiger charge is 2.02. The van der Waals surface area contributed by atoms with E-state index in [1.165, 1.54) is 16.7 Å². The van der Waals surface area contributed by atoms with Gasteiger partial charge in [-0.3, -0.25) is 0 Å². The fourth-order valence-electron chi connectivity index (χ4n) is 2.24. The highest BCUT2D eigenvalue weighted by atomic mass is 16.2. The Bertz CT molecular complexity index is 574.